The van der Waals surface area contributed by atoms with Crippen molar-refractivity contribution in [3.05, 3.63) is 98.7 Å². The Kier molecular flexibility index (Phi) is 8.42. The average molecular weight is 599 g/mol. The number of nitrogens with one attached hydrogen (secondary N) is 1. The van der Waals surface area contributed by atoms with Crippen molar-refractivity contribution in [3.8, 4) is 5.75 Å². The minimum atomic E-state index is -1.20. The Balaban J connectivity index is 1.58. The average Bonchev–Trinajstić information content (AvgIpc) is 3.11. The van der Waals surface area contributed by atoms with Crippen molar-refractivity contribution in [2.24, 2.45) is 0 Å². The van der Waals surface area contributed by atoms with Crippen LogP contribution in [0.25, 0.3) is 0 Å². The number of aromatic nitrogens is 1. The first-order valence-electron chi connectivity index (χ1n) is 13.6. The van der Waals surface area contributed by atoms with Crippen LogP contribution in [0.15, 0.2) is 53.5 Å². The maximum absolute atomic E-state index is 14.2. The van der Waals surface area contributed by atoms with Gasteiger partial charge in [0.2, 0.25) is 5.43 Å². The van der Waals surface area contributed by atoms with Crippen LogP contribution in [0.1, 0.15) is 58.7 Å². The van der Waals surface area contributed by atoms with Gasteiger partial charge in [0, 0.05) is 43.4 Å². The van der Waals surface area contributed by atoms with Gasteiger partial charge in [-0.1, -0.05) is 30.3 Å². The number of fused-ring (bicyclic) bond motifs is 4. The van der Waals surface area contributed by atoms with Gasteiger partial charge >= 0.3 is 5.97 Å². The molecule has 13 heteroatoms. The van der Waals surface area contributed by atoms with E-state index in [1.807, 2.05) is 6.92 Å². The molecule has 10 nitrogen and oxygen atoms in total. The van der Waals surface area contributed by atoms with E-state index >= 15 is 0 Å². The minimum Gasteiger partial charge on any atom is -0.482 e. The molecular weight excluding hydrogens is 569 g/mol. The van der Waals surface area contributed by atoms with E-state index in [-0.39, 0.29) is 37.4 Å². The molecular formula is C30H29F3N4O6. The van der Waals surface area contributed by atoms with Crippen LogP contribution in [0.3, 0.4) is 0 Å². The predicted molar refractivity (Wildman–Crippen MR) is 147 cm³/mol. The van der Waals surface area contributed by atoms with Crippen molar-refractivity contribution in [2.45, 2.75) is 51.9 Å². The maximum Gasteiger partial charge on any atom is 0.302 e. The predicted octanol–water partition coefficient (Wildman–Crippen LogP) is 3.24. The van der Waals surface area contributed by atoms with Crippen LogP contribution in [0.4, 0.5) is 13.2 Å². The second kappa shape index (κ2) is 12.2. The fourth-order valence-corrected chi connectivity index (χ4v) is 5.18. The summed E-state index contributed by atoms with van der Waals surface area (Å²) in [6, 6.07) is 9.20. The third-order valence-electron chi connectivity index (χ3n) is 7.54. The molecule has 2 atom stereocenters. The van der Waals surface area contributed by atoms with Crippen molar-refractivity contribution < 1.29 is 37.0 Å². The van der Waals surface area contributed by atoms with Crippen LogP contribution in [0.2, 0.25) is 0 Å². The summed E-state index contributed by atoms with van der Waals surface area (Å²) in [6.07, 6.45) is 2.27. The Morgan fingerprint density at radius 1 is 1.05 bits per heavy atom. The first-order chi connectivity index (χ1) is 20.5. The van der Waals surface area contributed by atoms with Crippen molar-refractivity contribution in [1.82, 2.24) is 14.9 Å². The second-order valence-electron chi connectivity index (χ2n) is 10.4. The van der Waals surface area contributed by atoms with Gasteiger partial charge in [-0.05, 0) is 25.3 Å². The summed E-state index contributed by atoms with van der Waals surface area (Å²) >= 11 is 0. The molecule has 1 aromatic heterocycles. The number of ether oxygens (including phenoxy) is 2. The number of hydrogen-bond donors (Lipinski definition) is 1. The summed E-state index contributed by atoms with van der Waals surface area (Å²) < 4.78 is 54.4. The highest BCUT2D eigenvalue weighted by Crippen LogP contribution is 2.30. The third kappa shape index (κ3) is 6.06. The standard InChI is InChI=1S/C30H29F3N4O6/c1-17-8-9-21(15-42-18(2)38)37-16-35(17)30(41)26-28(43-14-19-6-4-3-5-7-19)27(39)23(13-36(26)37)29(40)34-12-22-24(32)10-20(31)11-25(22)33/h3-7,10-11,13,17,21H,8-9,12,14-16H2,1-2H3,(H,34,40)/t17-,21-/m0/s1. The van der Waals surface area contributed by atoms with Gasteiger partial charge < -0.3 is 19.7 Å². The third-order valence-corrected chi connectivity index (χ3v) is 7.54. The molecule has 0 aliphatic carbocycles. The molecule has 2 aromatic carbocycles. The number of pyridine rings is 1. The van der Waals surface area contributed by atoms with Gasteiger partial charge in [0.1, 0.15) is 42.9 Å². The van der Waals surface area contributed by atoms with Crippen LogP contribution in [0, 0.1) is 17.5 Å². The molecule has 2 bridgehead atoms. The Bertz CT molecular complexity index is 1610. The van der Waals surface area contributed by atoms with Gasteiger partial charge in [-0.3, -0.25) is 28.9 Å². The van der Waals surface area contributed by atoms with Crippen LogP contribution < -0.4 is 20.5 Å². The molecule has 1 fully saturated rings. The highest BCUT2D eigenvalue weighted by atomic mass is 19.1. The zero-order chi connectivity index (χ0) is 30.8. The lowest BCUT2D eigenvalue weighted by molar-refractivity contribution is -0.141. The molecule has 3 heterocycles. The van der Waals surface area contributed by atoms with Gasteiger partial charge in [0.25, 0.3) is 11.8 Å². The summed E-state index contributed by atoms with van der Waals surface area (Å²) in [7, 11) is 0. The molecule has 0 unspecified atom stereocenters. The highest BCUT2D eigenvalue weighted by molar-refractivity contribution is 5.99. The minimum absolute atomic E-state index is 0.0134. The van der Waals surface area contributed by atoms with Gasteiger partial charge in [-0.2, -0.15) is 0 Å². The molecule has 0 spiro atoms. The molecule has 2 aliphatic rings. The number of amides is 2. The summed E-state index contributed by atoms with van der Waals surface area (Å²) in [6.45, 7) is 2.44. The summed E-state index contributed by atoms with van der Waals surface area (Å²) in [5, 5.41) is 4.03. The number of carbonyl (C=O) groups excluding carboxylic acids is 3. The van der Waals surface area contributed by atoms with Crippen LogP contribution in [0.5, 0.6) is 5.75 Å². The molecule has 43 heavy (non-hydrogen) atoms. The van der Waals surface area contributed by atoms with Crippen LogP contribution in [-0.4, -0.2) is 52.7 Å². The topological polar surface area (TPSA) is 110 Å². The second-order valence-corrected chi connectivity index (χ2v) is 10.4. The number of esters is 1. The van der Waals surface area contributed by atoms with E-state index in [1.54, 1.807) is 40.2 Å². The SMILES string of the molecule is CC(=O)OC[C@@H]1CC[C@H](C)N2CN1n1cc(C(=O)NCc3c(F)cc(F)cc3F)c(=O)c(OCc3ccccc3)c1C2=O. The monoisotopic (exact) mass is 598 g/mol. The largest absolute Gasteiger partial charge is 0.482 e. The number of rotatable bonds is 8. The molecule has 1 saturated heterocycles. The molecule has 5 rings (SSSR count). The van der Waals surface area contributed by atoms with E-state index in [9.17, 15) is 32.3 Å². The highest BCUT2D eigenvalue weighted by Gasteiger charge is 2.41. The molecule has 1 N–H and O–H groups in total. The maximum atomic E-state index is 14.2. The van der Waals surface area contributed by atoms with E-state index in [1.165, 1.54) is 17.8 Å². The number of halogens is 3. The molecule has 2 amide bonds. The van der Waals surface area contributed by atoms with Gasteiger partial charge in [0.15, 0.2) is 11.4 Å². The van der Waals surface area contributed by atoms with E-state index in [0.717, 1.165) is 0 Å². The molecule has 226 valence electrons. The molecule has 2 aliphatic heterocycles. The first kappa shape index (κ1) is 29.7. The smallest absolute Gasteiger partial charge is 0.302 e. The van der Waals surface area contributed by atoms with Gasteiger partial charge in [0.05, 0.1) is 6.04 Å². The number of carbonyl (C=O) groups is 3. The Hall–Kier alpha value is -4.81. The molecule has 0 radical (unpaired) electrons. The lowest BCUT2D eigenvalue weighted by Gasteiger charge is -2.42. The van der Waals surface area contributed by atoms with Gasteiger partial charge in [-0.25, -0.2) is 13.2 Å². The van der Waals surface area contributed by atoms with Crippen molar-refractivity contribution in [1.29, 1.82) is 0 Å². The van der Waals surface area contributed by atoms with E-state index in [2.05, 4.69) is 5.32 Å². The fraction of sp³-hybridized carbons (Fsp3) is 0.333. The summed E-state index contributed by atoms with van der Waals surface area (Å²) in [5.74, 6) is -5.88. The zero-order valence-corrected chi connectivity index (χ0v) is 23.4. The van der Waals surface area contributed by atoms with E-state index in [4.69, 9.17) is 9.47 Å². The first-order valence-corrected chi connectivity index (χ1v) is 13.6. The Morgan fingerprint density at radius 2 is 1.74 bits per heavy atom. The quantitative estimate of drug-likeness (QED) is 0.397. The van der Waals surface area contributed by atoms with E-state index < -0.39 is 64.4 Å². The zero-order valence-electron chi connectivity index (χ0n) is 23.4. The number of hydrogen-bond acceptors (Lipinski definition) is 7. The lowest BCUT2D eigenvalue weighted by atomic mass is 10.1. The van der Waals surface area contributed by atoms with Crippen LogP contribution in [-0.2, 0) is 22.7 Å². The Morgan fingerprint density at radius 3 is 2.42 bits per heavy atom. The summed E-state index contributed by atoms with van der Waals surface area (Å²) in [4.78, 5) is 54.1. The van der Waals surface area contributed by atoms with Gasteiger partial charge in [-0.15, -0.1) is 0 Å². The molecule has 0 saturated carbocycles. The summed E-state index contributed by atoms with van der Waals surface area (Å²) in [5.41, 5.74) is -1.37. The number of benzene rings is 2. The fourth-order valence-electron chi connectivity index (χ4n) is 5.18. The lowest BCUT2D eigenvalue weighted by Crippen LogP contribution is -2.59. The van der Waals surface area contributed by atoms with Crippen molar-refractivity contribution in [2.75, 3.05) is 18.3 Å². The van der Waals surface area contributed by atoms with Crippen molar-refractivity contribution in [3.63, 3.8) is 0 Å². The van der Waals surface area contributed by atoms with E-state index in [0.29, 0.717) is 30.5 Å². The number of nitrogens with zero attached hydrogens (tertiary/aromatic N) is 3. The van der Waals surface area contributed by atoms with Crippen LogP contribution >= 0.6 is 0 Å². The Labute approximate surface area is 244 Å². The van der Waals surface area contributed by atoms with Crippen molar-refractivity contribution >= 4 is 17.8 Å². The normalized spacial score (nSPS) is 17.7. The molecule has 3 aromatic rings.